The SMILES string of the molecule is Cc1ccc(NS(=O)(=O)c2c(N)ncn2C)c(Br)c1. The Balaban J connectivity index is 2.42. The Kier molecular flexibility index (Phi) is 3.55. The number of nitrogens with two attached hydrogens (primary N) is 1. The van der Waals surface area contributed by atoms with Crippen LogP contribution < -0.4 is 10.5 Å². The van der Waals surface area contributed by atoms with Crippen molar-refractivity contribution in [2.24, 2.45) is 7.05 Å². The number of benzene rings is 1. The van der Waals surface area contributed by atoms with Gasteiger partial charge in [0.1, 0.15) is 0 Å². The first-order valence-electron chi connectivity index (χ1n) is 5.37. The Morgan fingerprint density at radius 1 is 1.42 bits per heavy atom. The van der Waals surface area contributed by atoms with Gasteiger partial charge < -0.3 is 10.3 Å². The Hall–Kier alpha value is -1.54. The first-order valence-corrected chi connectivity index (χ1v) is 7.64. The summed E-state index contributed by atoms with van der Waals surface area (Å²) < 4.78 is 29.0. The molecule has 0 saturated heterocycles. The van der Waals surface area contributed by atoms with Gasteiger partial charge in [-0.1, -0.05) is 6.07 Å². The Labute approximate surface area is 119 Å². The second-order valence-corrected chi connectivity index (χ2v) is 6.59. The number of aromatic nitrogens is 2. The van der Waals surface area contributed by atoms with Crippen molar-refractivity contribution in [1.82, 2.24) is 9.55 Å². The third-order valence-electron chi connectivity index (χ3n) is 2.53. The predicted molar refractivity (Wildman–Crippen MR) is 77.3 cm³/mol. The minimum Gasteiger partial charge on any atom is -0.381 e. The molecule has 0 spiro atoms. The van der Waals surface area contributed by atoms with E-state index in [0.717, 1.165) is 5.56 Å². The highest BCUT2D eigenvalue weighted by molar-refractivity contribution is 9.10. The van der Waals surface area contributed by atoms with Gasteiger partial charge in [-0.05, 0) is 40.5 Å². The van der Waals surface area contributed by atoms with Crippen molar-refractivity contribution in [3.8, 4) is 0 Å². The fourth-order valence-electron chi connectivity index (χ4n) is 1.66. The van der Waals surface area contributed by atoms with E-state index in [2.05, 4.69) is 25.6 Å². The first-order chi connectivity index (χ1) is 8.81. The second kappa shape index (κ2) is 4.86. The van der Waals surface area contributed by atoms with Crippen LogP contribution in [0.1, 0.15) is 5.56 Å². The maximum Gasteiger partial charge on any atom is 0.281 e. The van der Waals surface area contributed by atoms with E-state index in [4.69, 9.17) is 5.73 Å². The van der Waals surface area contributed by atoms with E-state index in [1.165, 1.54) is 10.9 Å². The molecule has 0 unspecified atom stereocenters. The molecular formula is C11H13BrN4O2S. The van der Waals surface area contributed by atoms with Gasteiger partial charge in [-0.15, -0.1) is 0 Å². The fraction of sp³-hybridized carbons (Fsp3) is 0.182. The summed E-state index contributed by atoms with van der Waals surface area (Å²) in [7, 11) is -2.20. The maximum absolute atomic E-state index is 12.3. The van der Waals surface area contributed by atoms with Gasteiger partial charge in [0.25, 0.3) is 10.0 Å². The highest BCUT2D eigenvalue weighted by Gasteiger charge is 2.23. The molecule has 0 amide bonds. The molecule has 1 aromatic carbocycles. The smallest absolute Gasteiger partial charge is 0.281 e. The Morgan fingerprint density at radius 3 is 2.63 bits per heavy atom. The van der Waals surface area contributed by atoms with Gasteiger partial charge in [0.05, 0.1) is 12.0 Å². The molecule has 0 aliphatic rings. The van der Waals surface area contributed by atoms with Gasteiger partial charge in [0.2, 0.25) is 0 Å². The van der Waals surface area contributed by atoms with Crippen molar-refractivity contribution in [2.45, 2.75) is 11.9 Å². The van der Waals surface area contributed by atoms with Crippen molar-refractivity contribution in [3.05, 3.63) is 34.6 Å². The van der Waals surface area contributed by atoms with Crippen LogP contribution in [0.4, 0.5) is 11.5 Å². The van der Waals surface area contributed by atoms with Crippen LogP contribution in [0.3, 0.4) is 0 Å². The van der Waals surface area contributed by atoms with Crippen LogP contribution in [0.2, 0.25) is 0 Å². The molecule has 0 aliphatic carbocycles. The lowest BCUT2D eigenvalue weighted by atomic mass is 10.2. The number of nitrogen functional groups attached to an aromatic ring is 1. The van der Waals surface area contributed by atoms with Gasteiger partial charge in [-0.2, -0.15) is 8.42 Å². The number of nitrogens with zero attached hydrogens (tertiary/aromatic N) is 2. The minimum atomic E-state index is -3.77. The Morgan fingerprint density at radius 2 is 2.11 bits per heavy atom. The molecule has 2 aromatic rings. The standard InChI is InChI=1S/C11H13BrN4O2S/c1-7-3-4-9(8(12)5-7)15-19(17,18)11-10(13)14-6-16(11)2/h3-6,15H,13H2,1-2H3. The highest BCUT2D eigenvalue weighted by atomic mass is 79.9. The summed E-state index contributed by atoms with van der Waals surface area (Å²) in [4.78, 5) is 3.77. The molecule has 0 fully saturated rings. The number of imidazole rings is 1. The molecule has 1 aromatic heterocycles. The van der Waals surface area contributed by atoms with Gasteiger partial charge in [-0.25, -0.2) is 4.98 Å². The lowest BCUT2D eigenvalue weighted by molar-refractivity contribution is 0.592. The summed E-state index contributed by atoms with van der Waals surface area (Å²) in [5, 5.41) is -0.0556. The van der Waals surface area contributed by atoms with E-state index in [0.29, 0.717) is 10.2 Å². The number of rotatable bonds is 3. The number of nitrogens with one attached hydrogen (secondary N) is 1. The number of hydrogen-bond acceptors (Lipinski definition) is 4. The number of halogens is 1. The van der Waals surface area contributed by atoms with Crippen molar-refractivity contribution in [1.29, 1.82) is 0 Å². The van der Waals surface area contributed by atoms with Crippen LogP contribution in [0.15, 0.2) is 34.0 Å². The zero-order chi connectivity index (χ0) is 14.2. The third kappa shape index (κ3) is 2.74. The van der Waals surface area contributed by atoms with E-state index >= 15 is 0 Å². The number of anilines is 2. The number of hydrogen-bond donors (Lipinski definition) is 2. The van der Waals surface area contributed by atoms with Crippen molar-refractivity contribution >= 4 is 37.5 Å². The van der Waals surface area contributed by atoms with Crippen LogP contribution in [0.25, 0.3) is 0 Å². The van der Waals surface area contributed by atoms with Crippen LogP contribution in [-0.2, 0) is 17.1 Å². The van der Waals surface area contributed by atoms with Crippen LogP contribution >= 0.6 is 15.9 Å². The molecular weight excluding hydrogens is 332 g/mol. The normalized spacial score (nSPS) is 11.5. The number of sulfonamides is 1. The zero-order valence-corrected chi connectivity index (χ0v) is 12.8. The average Bonchev–Trinajstić information content (AvgIpc) is 2.63. The van der Waals surface area contributed by atoms with Crippen LogP contribution in [0.5, 0.6) is 0 Å². The summed E-state index contributed by atoms with van der Waals surface area (Å²) >= 11 is 3.32. The van der Waals surface area contributed by atoms with Crippen molar-refractivity contribution < 1.29 is 8.42 Å². The molecule has 0 radical (unpaired) electrons. The van der Waals surface area contributed by atoms with Gasteiger partial charge in [0.15, 0.2) is 10.8 Å². The fourth-order valence-corrected chi connectivity index (χ4v) is 3.70. The largest absolute Gasteiger partial charge is 0.381 e. The zero-order valence-electron chi connectivity index (χ0n) is 10.4. The molecule has 0 bridgehead atoms. The lowest BCUT2D eigenvalue weighted by Gasteiger charge is -2.11. The molecule has 19 heavy (non-hydrogen) atoms. The predicted octanol–water partition coefficient (Wildman–Crippen LogP) is 1.87. The Bertz CT molecular complexity index is 705. The highest BCUT2D eigenvalue weighted by Crippen LogP contribution is 2.27. The molecule has 0 aliphatic heterocycles. The minimum absolute atomic E-state index is 0.0294. The van der Waals surface area contributed by atoms with Gasteiger partial charge in [0, 0.05) is 11.5 Å². The van der Waals surface area contributed by atoms with E-state index in [-0.39, 0.29) is 10.8 Å². The van der Waals surface area contributed by atoms with Crippen LogP contribution in [0, 0.1) is 6.92 Å². The topological polar surface area (TPSA) is 90.0 Å². The van der Waals surface area contributed by atoms with E-state index in [9.17, 15) is 8.42 Å². The molecule has 3 N–H and O–H groups in total. The summed E-state index contributed by atoms with van der Waals surface area (Å²) in [5.41, 5.74) is 7.05. The summed E-state index contributed by atoms with van der Waals surface area (Å²) in [6.45, 7) is 1.92. The van der Waals surface area contributed by atoms with E-state index in [1.807, 2.05) is 19.1 Å². The molecule has 0 atom stereocenters. The molecule has 6 nitrogen and oxygen atoms in total. The van der Waals surface area contributed by atoms with Gasteiger partial charge in [-0.3, -0.25) is 4.72 Å². The van der Waals surface area contributed by atoms with E-state index < -0.39 is 10.0 Å². The van der Waals surface area contributed by atoms with E-state index in [1.54, 1.807) is 13.1 Å². The first kappa shape index (κ1) is 13.9. The van der Waals surface area contributed by atoms with Crippen molar-refractivity contribution in [3.63, 3.8) is 0 Å². The average molecular weight is 345 g/mol. The molecule has 8 heteroatoms. The summed E-state index contributed by atoms with van der Waals surface area (Å²) in [6, 6.07) is 5.32. The quantitative estimate of drug-likeness (QED) is 0.889. The summed E-state index contributed by atoms with van der Waals surface area (Å²) in [5.74, 6) is -0.0294. The molecule has 2 rings (SSSR count). The molecule has 1 heterocycles. The van der Waals surface area contributed by atoms with Gasteiger partial charge >= 0.3 is 0 Å². The monoisotopic (exact) mass is 344 g/mol. The molecule has 102 valence electrons. The maximum atomic E-state index is 12.3. The van der Waals surface area contributed by atoms with Crippen LogP contribution in [-0.4, -0.2) is 18.0 Å². The second-order valence-electron chi connectivity index (χ2n) is 4.13. The third-order valence-corrected chi connectivity index (χ3v) is 4.68. The van der Waals surface area contributed by atoms with Crippen molar-refractivity contribution in [2.75, 3.05) is 10.5 Å². The summed E-state index contributed by atoms with van der Waals surface area (Å²) in [6.07, 6.45) is 1.36. The number of aryl methyl sites for hydroxylation is 2. The lowest BCUT2D eigenvalue weighted by Crippen LogP contribution is -2.17. The molecule has 0 saturated carbocycles.